The van der Waals surface area contributed by atoms with Gasteiger partial charge in [0.05, 0.1) is 0 Å². The van der Waals surface area contributed by atoms with Gasteiger partial charge in [0.2, 0.25) is 0 Å². The third kappa shape index (κ3) is 3.56. The summed E-state index contributed by atoms with van der Waals surface area (Å²) in [6.07, 6.45) is 0. The molecule has 0 aromatic heterocycles. The van der Waals surface area contributed by atoms with E-state index < -0.39 is 0 Å². The van der Waals surface area contributed by atoms with E-state index in [4.69, 9.17) is 15.8 Å². The van der Waals surface area contributed by atoms with E-state index in [0.29, 0.717) is 5.69 Å². The Hall–Kier alpha value is -3.55. The first-order valence-corrected chi connectivity index (χ1v) is 6.98. The lowest BCUT2D eigenvalue weighted by Crippen LogP contribution is -2.00. The third-order valence-corrected chi connectivity index (χ3v) is 3.58. The summed E-state index contributed by atoms with van der Waals surface area (Å²) >= 11 is 0. The summed E-state index contributed by atoms with van der Waals surface area (Å²) in [5, 5.41) is 29.5. The number of hydrogen-bond donors (Lipinski definition) is 1. The van der Waals surface area contributed by atoms with Crippen molar-refractivity contribution >= 4 is 5.69 Å². The zero-order valence-corrected chi connectivity index (χ0v) is 12.9. The van der Waals surface area contributed by atoms with Crippen LogP contribution in [0, 0.1) is 47.8 Å². The molecule has 23 heavy (non-hydrogen) atoms. The molecule has 0 aliphatic carbocycles. The summed E-state index contributed by atoms with van der Waals surface area (Å²) in [7, 11) is 0. The summed E-state index contributed by atoms with van der Waals surface area (Å²) in [6, 6.07) is 19.0. The summed E-state index contributed by atoms with van der Waals surface area (Å²) < 4.78 is 0. The average molecular weight is 298 g/mol. The molecule has 0 bridgehead atoms. The Bertz CT molecular complexity index is 869. The van der Waals surface area contributed by atoms with Crippen molar-refractivity contribution in [2.45, 2.75) is 13.8 Å². The third-order valence-electron chi connectivity index (χ3n) is 3.58. The second kappa shape index (κ2) is 6.94. The minimum absolute atomic E-state index is 0.0473. The van der Waals surface area contributed by atoms with Crippen molar-refractivity contribution in [1.82, 2.24) is 0 Å². The highest BCUT2D eigenvalue weighted by atomic mass is 14.9. The van der Waals surface area contributed by atoms with Crippen molar-refractivity contribution in [3.63, 3.8) is 0 Å². The average Bonchev–Trinajstić information content (AvgIpc) is 2.58. The van der Waals surface area contributed by atoms with Gasteiger partial charge < -0.3 is 5.32 Å². The lowest BCUT2D eigenvalue weighted by Gasteiger charge is -2.08. The van der Waals surface area contributed by atoms with Gasteiger partial charge in [0.15, 0.2) is 5.57 Å². The molecule has 4 nitrogen and oxygen atoms in total. The molecule has 110 valence electrons. The van der Waals surface area contributed by atoms with Crippen LogP contribution in [0.5, 0.6) is 0 Å². The van der Waals surface area contributed by atoms with Crippen LogP contribution in [0.3, 0.4) is 0 Å². The minimum atomic E-state index is -0.231. The van der Waals surface area contributed by atoms with E-state index in [1.165, 1.54) is 11.1 Å². The van der Waals surface area contributed by atoms with Crippen molar-refractivity contribution in [2.24, 2.45) is 0 Å². The first-order valence-electron chi connectivity index (χ1n) is 6.98. The van der Waals surface area contributed by atoms with Gasteiger partial charge in [-0.2, -0.15) is 15.8 Å². The second-order valence-electron chi connectivity index (χ2n) is 5.09. The van der Waals surface area contributed by atoms with Gasteiger partial charge in [-0.05, 0) is 48.2 Å². The van der Waals surface area contributed by atoms with Gasteiger partial charge in [-0.3, -0.25) is 0 Å². The first-order chi connectivity index (χ1) is 11.1. The molecule has 0 unspecified atom stereocenters. The molecule has 2 aromatic rings. The molecule has 2 rings (SSSR count). The molecular formula is C19H14N4. The highest BCUT2D eigenvalue weighted by Crippen LogP contribution is 2.24. The Morgan fingerprint density at radius 2 is 1.39 bits per heavy atom. The maximum Gasteiger partial charge on any atom is 0.163 e. The fourth-order valence-electron chi connectivity index (χ4n) is 2.09. The number of nitriles is 3. The van der Waals surface area contributed by atoms with E-state index in [0.717, 1.165) is 11.1 Å². The predicted molar refractivity (Wildman–Crippen MR) is 88.8 cm³/mol. The fourth-order valence-corrected chi connectivity index (χ4v) is 2.09. The smallest absolute Gasteiger partial charge is 0.163 e. The molecule has 0 atom stereocenters. The van der Waals surface area contributed by atoms with Crippen LogP contribution in [0.1, 0.15) is 11.1 Å². The van der Waals surface area contributed by atoms with Crippen LogP contribution >= 0.6 is 0 Å². The van der Waals surface area contributed by atoms with Crippen LogP contribution in [-0.4, -0.2) is 0 Å². The van der Waals surface area contributed by atoms with E-state index in [2.05, 4.69) is 37.4 Å². The normalized spacial score (nSPS) is 9.17. The highest BCUT2D eigenvalue weighted by Gasteiger charge is 2.06. The lowest BCUT2D eigenvalue weighted by molar-refractivity contribution is 1.34. The van der Waals surface area contributed by atoms with Gasteiger partial charge in [-0.15, -0.1) is 0 Å². The molecule has 0 heterocycles. The molecule has 1 N–H and O–H groups in total. The molecule has 2 aromatic carbocycles. The summed E-state index contributed by atoms with van der Waals surface area (Å²) in [5.41, 5.74) is 5.02. The van der Waals surface area contributed by atoms with E-state index >= 15 is 0 Å². The van der Waals surface area contributed by atoms with Gasteiger partial charge >= 0.3 is 0 Å². The number of aryl methyl sites for hydroxylation is 2. The van der Waals surface area contributed by atoms with Crippen molar-refractivity contribution in [3.05, 3.63) is 64.9 Å². The number of hydrogen-bond acceptors (Lipinski definition) is 4. The van der Waals surface area contributed by atoms with Gasteiger partial charge in [0.1, 0.15) is 23.9 Å². The predicted octanol–water partition coefficient (Wildman–Crippen LogP) is 4.21. The van der Waals surface area contributed by atoms with Crippen LogP contribution in [0.2, 0.25) is 0 Å². The highest BCUT2D eigenvalue weighted by molar-refractivity contribution is 5.68. The number of rotatable bonds is 3. The van der Waals surface area contributed by atoms with Gasteiger partial charge in [-0.1, -0.05) is 30.3 Å². The Morgan fingerprint density at radius 3 is 1.91 bits per heavy atom. The Labute approximate surface area is 135 Å². The van der Waals surface area contributed by atoms with Crippen LogP contribution in [0.15, 0.2) is 53.7 Å². The number of allylic oxidation sites excluding steroid dienone is 2. The van der Waals surface area contributed by atoms with Crippen LogP contribution in [0.25, 0.3) is 11.1 Å². The van der Waals surface area contributed by atoms with E-state index in [-0.39, 0.29) is 11.3 Å². The standard InChI is InChI=1S/C19H14N4/c1-13-3-4-16(9-14(13)2)15-5-7-18(8-6-15)23-19(12-22)17(10-20)11-21/h3-9,23H,1-2H3. The van der Waals surface area contributed by atoms with Crippen LogP contribution in [-0.2, 0) is 0 Å². The number of anilines is 1. The molecule has 0 spiro atoms. The molecule has 0 fully saturated rings. The minimum Gasteiger partial charge on any atom is -0.345 e. The Kier molecular flexibility index (Phi) is 4.78. The molecule has 0 saturated carbocycles. The monoisotopic (exact) mass is 298 g/mol. The van der Waals surface area contributed by atoms with Crippen molar-refractivity contribution in [1.29, 1.82) is 15.8 Å². The van der Waals surface area contributed by atoms with Crippen LogP contribution in [0.4, 0.5) is 5.69 Å². The maximum absolute atomic E-state index is 9.04. The zero-order chi connectivity index (χ0) is 16.8. The van der Waals surface area contributed by atoms with Crippen LogP contribution < -0.4 is 5.32 Å². The largest absolute Gasteiger partial charge is 0.345 e. The Morgan fingerprint density at radius 1 is 0.783 bits per heavy atom. The van der Waals surface area contributed by atoms with Gasteiger partial charge in [0, 0.05) is 5.69 Å². The molecule has 0 aliphatic heterocycles. The first kappa shape index (κ1) is 15.8. The maximum atomic E-state index is 9.04. The van der Waals surface area contributed by atoms with Crippen molar-refractivity contribution in [3.8, 4) is 29.3 Å². The lowest BCUT2D eigenvalue weighted by atomic mass is 10.0. The summed E-state index contributed by atoms with van der Waals surface area (Å²) in [4.78, 5) is 0. The quantitative estimate of drug-likeness (QED) is 0.860. The number of nitrogens with zero attached hydrogens (tertiary/aromatic N) is 3. The summed E-state index contributed by atoms with van der Waals surface area (Å²) in [6.45, 7) is 4.15. The summed E-state index contributed by atoms with van der Waals surface area (Å²) in [5.74, 6) is 0. The zero-order valence-electron chi connectivity index (χ0n) is 12.9. The van der Waals surface area contributed by atoms with Gasteiger partial charge in [0.25, 0.3) is 0 Å². The SMILES string of the molecule is Cc1ccc(-c2ccc(NC(C#N)=C(C#N)C#N)cc2)cc1C. The number of benzene rings is 2. The molecule has 0 amide bonds. The molecule has 0 saturated heterocycles. The van der Waals surface area contributed by atoms with Crippen molar-refractivity contribution < 1.29 is 0 Å². The molecular weight excluding hydrogens is 284 g/mol. The van der Waals surface area contributed by atoms with E-state index in [9.17, 15) is 0 Å². The molecule has 4 heteroatoms. The van der Waals surface area contributed by atoms with Crippen molar-refractivity contribution in [2.75, 3.05) is 5.32 Å². The van der Waals surface area contributed by atoms with E-state index in [1.807, 2.05) is 30.3 Å². The molecule has 0 aliphatic rings. The Balaban J connectivity index is 2.29. The topological polar surface area (TPSA) is 83.4 Å². The van der Waals surface area contributed by atoms with E-state index in [1.54, 1.807) is 12.1 Å². The fraction of sp³-hybridized carbons (Fsp3) is 0.105. The molecule has 0 radical (unpaired) electrons. The number of nitrogens with one attached hydrogen (secondary N) is 1. The second-order valence-corrected chi connectivity index (χ2v) is 5.09. The van der Waals surface area contributed by atoms with Gasteiger partial charge in [-0.25, -0.2) is 0 Å².